The molecule has 1 aliphatic rings. The van der Waals surface area contributed by atoms with Gasteiger partial charge in [0.15, 0.2) is 0 Å². The fraction of sp³-hybridized carbons (Fsp3) is 0.846. The lowest BCUT2D eigenvalue weighted by atomic mass is 9.92. The van der Waals surface area contributed by atoms with Gasteiger partial charge in [-0.05, 0) is 52.1 Å². The van der Waals surface area contributed by atoms with Crippen LogP contribution in [0.1, 0.15) is 39.5 Å². The van der Waals surface area contributed by atoms with Crippen LogP contribution in [-0.2, 0) is 9.59 Å². The number of carbonyl (C=O) groups excluding carboxylic acids is 1. The van der Waals surface area contributed by atoms with Gasteiger partial charge < -0.3 is 15.3 Å². The maximum Gasteiger partial charge on any atom is 0.329 e. The number of aliphatic carboxylic acids is 1. The number of nitrogens with zero attached hydrogens (tertiary/aromatic N) is 1. The number of carbonyl (C=O) groups is 2. The van der Waals surface area contributed by atoms with Crippen molar-refractivity contribution >= 4 is 11.9 Å². The Hall–Kier alpha value is -1.10. The van der Waals surface area contributed by atoms with Crippen LogP contribution in [0.3, 0.4) is 0 Å². The molecule has 0 atom stereocenters. The Bertz CT molecular complexity index is 309. The number of piperidine rings is 1. The molecule has 0 saturated carbocycles. The molecule has 1 aliphatic heterocycles. The van der Waals surface area contributed by atoms with E-state index in [0.29, 0.717) is 12.3 Å². The molecule has 5 heteroatoms. The van der Waals surface area contributed by atoms with Crippen LogP contribution in [0, 0.1) is 5.92 Å². The van der Waals surface area contributed by atoms with Crippen molar-refractivity contribution in [2.45, 2.75) is 45.1 Å². The highest BCUT2D eigenvalue weighted by molar-refractivity contribution is 5.86. The van der Waals surface area contributed by atoms with E-state index < -0.39 is 11.5 Å². The molecule has 1 heterocycles. The second kappa shape index (κ2) is 6.18. The molecule has 1 amide bonds. The van der Waals surface area contributed by atoms with Gasteiger partial charge in [0.05, 0.1) is 0 Å². The van der Waals surface area contributed by atoms with E-state index in [1.165, 1.54) is 4.90 Å². The van der Waals surface area contributed by atoms with Crippen LogP contribution in [-0.4, -0.2) is 47.6 Å². The van der Waals surface area contributed by atoms with Crippen molar-refractivity contribution < 1.29 is 14.7 Å². The summed E-state index contributed by atoms with van der Waals surface area (Å²) in [7, 11) is 1.57. The van der Waals surface area contributed by atoms with E-state index in [-0.39, 0.29) is 5.91 Å². The zero-order valence-corrected chi connectivity index (χ0v) is 11.5. The minimum Gasteiger partial charge on any atom is -0.480 e. The van der Waals surface area contributed by atoms with Crippen molar-refractivity contribution in [3.8, 4) is 0 Å². The fourth-order valence-electron chi connectivity index (χ4n) is 2.12. The first-order valence-electron chi connectivity index (χ1n) is 6.56. The molecule has 1 rings (SSSR count). The zero-order chi connectivity index (χ0) is 13.8. The molecular formula is C13H24N2O3. The molecule has 0 aromatic carbocycles. The monoisotopic (exact) mass is 256 g/mol. The molecule has 104 valence electrons. The number of likely N-dealkylation sites (N-methyl/N-ethyl adjacent to an activating group) is 1. The van der Waals surface area contributed by atoms with Gasteiger partial charge in [-0.15, -0.1) is 0 Å². The molecule has 0 aliphatic carbocycles. The summed E-state index contributed by atoms with van der Waals surface area (Å²) >= 11 is 0. The first-order valence-corrected chi connectivity index (χ1v) is 6.56. The molecule has 0 spiro atoms. The van der Waals surface area contributed by atoms with Crippen molar-refractivity contribution in [3.05, 3.63) is 0 Å². The summed E-state index contributed by atoms with van der Waals surface area (Å²) in [6.07, 6.45) is 3.52. The Balaban J connectivity index is 2.42. The van der Waals surface area contributed by atoms with Crippen LogP contribution in [0.5, 0.6) is 0 Å². The Morgan fingerprint density at radius 2 is 1.89 bits per heavy atom. The molecular weight excluding hydrogens is 232 g/mol. The van der Waals surface area contributed by atoms with E-state index in [9.17, 15) is 9.59 Å². The third-order valence-electron chi connectivity index (χ3n) is 3.96. The normalized spacial score (nSPS) is 17.5. The molecule has 0 unspecified atom stereocenters. The first-order chi connectivity index (χ1) is 8.35. The smallest absolute Gasteiger partial charge is 0.329 e. The second-order valence-corrected chi connectivity index (χ2v) is 5.55. The van der Waals surface area contributed by atoms with Crippen LogP contribution in [0.2, 0.25) is 0 Å². The van der Waals surface area contributed by atoms with E-state index in [4.69, 9.17) is 5.11 Å². The third kappa shape index (κ3) is 3.70. The SMILES string of the molecule is CN(C(=O)CCC1CCNCC1)C(C)(C)C(=O)O. The van der Waals surface area contributed by atoms with Crippen molar-refractivity contribution in [3.63, 3.8) is 0 Å². The summed E-state index contributed by atoms with van der Waals surface area (Å²) in [4.78, 5) is 24.4. The van der Waals surface area contributed by atoms with Gasteiger partial charge in [-0.25, -0.2) is 4.79 Å². The van der Waals surface area contributed by atoms with Crippen molar-refractivity contribution in [2.75, 3.05) is 20.1 Å². The number of carboxylic acid groups (broad SMARTS) is 1. The minimum atomic E-state index is -1.13. The summed E-state index contributed by atoms with van der Waals surface area (Å²) in [6.45, 7) is 5.15. The lowest BCUT2D eigenvalue weighted by Gasteiger charge is -2.32. The standard InChI is InChI=1S/C13H24N2O3/c1-13(2,12(17)18)15(3)11(16)5-4-10-6-8-14-9-7-10/h10,14H,4-9H2,1-3H3,(H,17,18). The molecule has 0 radical (unpaired) electrons. The van der Waals surface area contributed by atoms with Gasteiger partial charge in [-0.2, -0.15) is 0 Å². The summed E-state index contributed by atoms with van der Waals surface area (Å²) < 4.78 is 0. The molecule has 18 heavy (non-hydrogen) atoms. The van der Waals surface area contributed by atoms with Gasteiger partial charge in [-0.1, -0.05) is 0 Å². The lowest BCUT2D eigenvalue weighted by Crippen LogP contribution is -2.50. The molecule has 1 saturated heterocycles. The van der Waals surface area contributed by atoms with E-state index in [1.807, 2.05) is 0 Å². The van der Waals surface area contributed by atoms with Gasteiger partial charge in [0.25, 0.3) is 0 Å². The topological polar surface area (TPSA) is 69.6 Å². The summed E-state index contributed by atoms with van der Waals surface area (Å²) in [5.41, 5.74) is -1.13. The molecule has 2 N–H and O–H groups in total. The molecule has 0 bridgehead atoms. The summed E-state index contributed by atoms with van der Waals surface area (Å²) in [5.74, 6) is -0.460. The Morgan fingerprint density at radius 1 is 1.33 bits per heavy atom. The Morgan fingerprint density at radius 3 is 2.39 bits per heavy atom. The number of nitrogens with one attached hydrogen (secondary N) is 1. The fourth-order valence-corrected chi connectivity index (χ4v) is 2.12. The van der Waals surface area contributed by atoms with E-state index in [0.717, 1.165) is 32.4 Å². The number of hydrogen-bond donors (Lipinski definition) is 2. The van der Waals surface area contributed by atoms with Crippen LogP contribution >= 0.6 is 0 Å². The van der Waals surface area contributed by atoms with Crippen molar-refractivity contribution in [2.24, 2.45) is 5.92 Å². The largest absolute Gasteiger partial charge is 0.480 e. The van der Waals surface area contributed by atoms with Crippen LogP contribution in [0.4, 0.5) is 0 Å². The molecule has 5 nitrogen and oxygen atoms in total. The van der Waals surface area contributed by atoms with Crippen molar-refractivity contribution in [1.29, 1.82) is 0 Å². The van der Waals surface area contributed by atoms with E-state index in [1.54, 1.807) is 20.9 Å². The van der Waals surface area contributed by atoms with Gasteiger partial charge >= 0.3 is 5.97 Å². The minimum absolute atomic E-state index is 0.0825. The van der Waals surface area contributed by atoms with Crippen LogP contribution in [0.15, 0.2) is 0 Å². The third-order valence-corrected chi connectivity index (χ3v) is 3.96. The predicted molar refractivity (Wildman–Crippen MR) is 69.3 cm³/mol. The lowest BCUT2D eigenvalue weighted by molar-refractivity contribution is -0.155. The van der Waals surface area contributed by atoms with Crippen LogP contribution in [0.25, 0.3) is 0 Å². The summed E-state index contributed by atoms with van der Waals surface area (Å²) in [5, 5.41) is 12.4. The van der Waals surface area contributed by atoms with E-state index >= 15 is 0 Å². The highest BCUT2D eigenvalue weighted by Gasteiger charge is 2.34. The summed E-state index contributed by atoms with van der Waals surface area (Å²) in [6, 6.07) is 0. The van der Waals surface area contributed by atoms with Crippen LogP contribution < -0.4 is 5.32 Å². The second-order valence-electron chi connectivity index (χ2n) is 5.55. The number of rotatable bonds is 5. The average Bonchev–Trinajstić information content (AvgIpc) is 2.36. The quantitative estimate of drug-likeness (QED) is 0.772. The van der Waals surface area contributed by atoms with Gasteiger partial charge in [0, 0.05) is 13.5 Å². The van der Waals surface area contributed by atoms with Gasteiger partial charge in [-0.3, -0.25) is 4.79 Å². The maximum atomic E-state index is 12.0. The maximum absolute atomic E-state index is 12.0. The highest BCUT2D eigenvalue weighted by atomic mass is 16.4. The molecule has 0 aromatic heterocycles. The highest BCUT2D eigenvalue weighted by Crippen LogP contribution is 2.20. The average molecular weight is 256 g/mol. The van der Waals surface area contributed by atoms with Gasteiger partial charge in [0.2, 0.25) is 5.91 Å². The first kappa shape index (κ1) is 15.0. The Kier molecular flexibility index (Phi) is 5.14. The predicted octanol–water partition coefficient (Wildman–Crippen LogP) is 1.09. The number of carboxylic acids is 1. The molecule has 0 aromatic rings. The van der Waals surface area contributed by atoms with Crippen molar-refractivity contribution in [1.82, 2.24) is 10.2 Å². The molecule has 1 fully saturated rings. The number of hydrogen-bond acceptors (Lipinski definition) is 3. The van der Waals surface area contributed by atoms with Gasteiger partial charge in [0.1, 0.15) is 5.54 Å². The Labute approximate surface area is 109 Å². The number of amides is 1. The zero-order valence-electron chi connectivity index (χ0n) is 11.5. The van der Waals surface area contributed by atoms with E-state index in [2.05, 4.69) is 5.32 Å².